The van der Waals surface area contributed by atoms with E-state index in [0.717, 1.165) is 5.06 Å². The van der Waals surface area contributed by atoms with Gasteiger partial charge in [0.05, 0.1) is 12.7 Å². The van der Waals surface area contributed by atoms with E-state index in [-0.39, 0.29) is 5.91 Å². The van der Waals surface area contributed by atoms with Crippen LogP contribution < -0.4 is 0 Å². The molecule has 0 spiro atoms. The second kappa shape index (κ2) is 2.74. The summed E-state index contributed by atoms with van der Waals surface area (Å²) in [5, 5.41) is 1.16. The number of hydroxylamine groups is 2. The third kappa shape index (κ3) is 1.15. The highest BCUT2D eigenvalue weighted by molar-refractivity contribution is 6.01. The van der Waals surface area contributed by atoms with Gasteiger partial charge in [-0.1, -0.05) is 0 Å². The van der Waals surface area contributed by atoms with Crippen LogP contribution in [-0.2, 0) is 4.84 Å². The summed E-state index contributed by atoms with van der Waals surface area (Å²) in [6, 6.07) is 5.29. The monoisotopic (exact) mass is 179 g/mol. The lowest BCUT2D eigenvalue weighted by molar-refractivity contribution is -0.0755. The van der Waals surface area contributed by atoms with Crippen molar-refractivity contribution in [3.63, 3.8) is 0 Å². The number of furan rings is 2. The Kier molecular flexibility index (Phi) is 1.70. The van der Waals surface area contributed by atoms with Gasteiger partial charge in [-0.25, -0.2) is 5.06 Å². The van der Waals surface area contributed by atoms with E-state index in [2.05, 4.69) is 0 Å². The molecule has 4 heteroatoms. The molecule has 0 aromatic carbocycles. The zero-order valence-electron chi connectivity index (χ0n) is 7.40. The van der Waals surface area contributed by atoms with Crippen molar-refractivity contribution in [1.82, 2.24) is 5.06 Å². The molecule has 1 amide bonds. The summed E-state index contributed by atoms with van der Waals surface area (Å²) in [7, 11) is 3.00. The second-order valence-electron chi connectivity index (χ2n) is 2.75. The van der Waals surface area contributed by atoms with Crippen molar-refractivity contribution >= 4 is 17.1 Å². The maximum absolute atomic E-state index is 11.6. The van der Waals surface area contributed by atoms with Gasteiger partial charge in [-0.15, -0.1) is 0 Å². The lowest BCUT2D eigenvalue weighted by Gasteiger charge is -2.11. The average Bonchev–Trinajstić information content (AvgIpc) is 2.76. The quantitative estimate of drug-likeness (QED) is 0.656. The van der Waals surface area contributed by atoms with E-state index in [0.29, 0.717) is 16.7 Å². The van der Waals surface area contributed by atoms with Crippen LogP contribution in [0.25, 0.3) is 11.2 Å². The maximum atomic E-state index is 11.6. The van der Waals surface area contributed by atoms with Gasteiger partial charge in [0, 0.05) is 7.05 Å². The van der Waals surface area contributed by atoms with Crippen molar-refractivity contribution < 1.29 is 14.0 Å². The summed E-state index contributed by atoms with van der Waals surface area (Å²) >= 11 is 0. The van der Waals surface area contributed by atoms with Crippen LogP contribution >= 0.6 is 0 Å². The van der Waals surface area contributed by atoms with Crippen molar-refractivity contribution in [1.29, 1.82) is 0 Å². The normalized spacial score (nSPS) is 10.9. The molecule has 0 aliphatic carbocycles. The number of hydrogen-bond donors (Lipinski definition) is 0. The fraction of sp³-hybridized carbons (Fsp3) is 0.222. The molecule has 0 radical (unpaired) electrons. The summed E-state index contributed by atoms with van der Waals surface area (Å²) in [6.07, 6.45) is 0. The third-order valence-electron chi connectivity index (χ3n) is 1.97. The minimum atomic E-state index is -0.197. The van der Waals surface area contributed by atoms with Crippen molar-refractivity contribution in [2.75, 3.05) is 14.2 Å². The molecule has 2 bridgehead atoms. The molecule has 2 rings (SSSR count). The first-order valence-electron chi connectivity index (χ1n) is 3.86. The predicted molar refractivity (Wildman–Crippen MR) is 46.5 cm³/mol. The molecule has 68 valence electrons. The summed E-state index contributed by atoms with van der Waals surface area (Å²) in [5.41, 5.74) is 1.86. The van der Waals surface area contributed by atoms with Gasteiger partial charge >= 0.3 is 0 Å². The molecule has 2 heterocycles. The summed E-state index contributed by atoms with van der Waals surface area (Å²) in [6.45, 7) is 0. The molecule has 0 fully saturated rings. The molecule has 0 N–H and O–H groups in total. The van der Waals surface area contributed by atoms with Crippen molar-refractivity contribution in [2.24, 2.45) is 0 Å². The summed E-state index contributed by atoms with van der Waals surface area (Å²) < 4.78 is 5.23. The first-order valence-corrected chi connectivity index (χ1v) is 3.86. The third-order valence-corrected chi connectivity index (χ3v) is 1.97. The lowest BCUT2D eigenvalue weighted by atomic mass is 10.2. The van der Waals surface area contributed by atoms with Crippen molar-refractivity contribution in [2.45, 2.75) is 0 Å². The summed E-state index contributed by atoms with van der Waals surface area (Å²) in [4.78, 5) is 16.3. The number of benzene rings is 1. The SMILES string of the molecule is CON(C)C(=O)c1cc2ccc1o2. The first kappa shape index (κ1) is 8.07. The molecule has 2 aromatic rings. The number of carbonyl (C=O) groups excluding carboxylic acids is 1. The molecular formula is C9H9NO3. The number of fused-ring (bicyclic) bond motifs is 2. The largest absolute Gasteiger partial charge is 0.457 e. The highest BCUT2D eigenvalue weighted by Gasteiger charge is 2.18. The van der Waals surface area contributed by atoms with Crippen LogP contribution in [0.15, 0.2) is 22.6 Å². The van der Waals surface area contributed by atoms with Crippen LogP contribution in [-0.4, -0.2) is 25.1 Å². The Morgan fingerprint density at radius 3 is 2.77 bits per heavy atom. The topological polar surface area (TPSA) is 42.7 Å². The van der Waals surface area contributed by atoms with Crippen molar-refractivity contribution in [3.05, 3.63) is 23.8 Å². The molecule has 0 unspecified atom stereocenters. The van der Waals surface area contributed by atoms with Crippen molar-refractivity contribution in [3.8, 4) is 0 Å². The molecule has 2 aromatic heterocycles. The summed E-state index contributed by atoms with van der Waals surface area (Å²) in [5.74, 6) is -0.197. The van der Waals surface area contributed by atoms with E-state index < -0.39 is 0 Å². The Morgan fingerprint density at radius 2 is 2.31 bits per heavy atom. The van der Waals surface area contributed by atoms with E-state index in [1.54, 1.807) is 19.2 Å². The van der Waals surface area contributed by atoms with E-state index in [1.807, 2.05) is 6.07 Å². The standard InChI is InChI=1S/C9H9NO3/c1-10(12-2)9(11)7-5-6-3-4-8(7)13-6/h3-5H,1-2H3. The molecular weight excluding hydrogens is 170 g/mol. The van der Waals surface area contributed by atoms with Gasteiger partial charge in [0.1, 0.15) is 11.2 Å². The molecule has 0 aliphatic heterocycles. The fourth-order valence-corrected chi connectivity index (χ4v) is 1.21. The molecule has 0 aliphatic rings. The number of amides is 1. The predicted octanol–water partition coefficient (Wildman–Crippen LogP) is 1.50. The average molecular weight is 179 g/mol. The minimum Gasteiger partial charge on any atom is -0.457 e. The van der Waals surface area contributed by atoms with Gasteiger partial charge < -0.3 is 4.42 Å². The second-order valence-corrected chi connectivity index (χ2v) is 2.75. The van der Waals surface area contributed by atoms with E-state index in [4.69, 9.17) is 9.25 Å². The smallest absolute Gasteiger partial charge is 0.281 e. The van der Waals surface area contributed by atoms with E-state index in [9.17, 15) is 4.79 Å². The fourth-order valence-electron chi connectivity index (χ4n) is 1.21. The highest BCUT2D eigenvalue weighted by atomic mass is 16.7. The number of rotatable bonds is 2. The molecule has 0 saturated heterocycles. The first-order chi connectivity index (χ1) is 6.22. The zero-order valence-corrected chi connectivity index (χ0v) is 7.40. The highest BCUT2D eigenvalue weighted by Crippen LogP contribution is 2.22. The number of nitrogens with zero attached hydrogens (tertiary/aromatic N) is 1. The molecule has 4 nitrogen and oxygen atoms in total. The van der Waals surface area contributed by atoms with Gasteiger partial charge in [-0.05, 0) is 18.2 Å². The Morgan fingerprint density at radius 1 is 1.54 bits per heavy atom. The Bertz CT molecular complexity index is 420. The Balaban J connectivity index is 2.35. The zero-order chi connectivity index (χ0) is 9.42. The molecule has 13 heavy (non-hydrogen) atoms. The number of hydrogen-bond acceptors (Lipinski definition) is 3. The lowest BCUT2D eigenvalue weighted by Crippen LogP contribution is -2.25. The molecule has 0 saturated carbocycles. The van der Waals surface area contributed by atoms with Gasteiger partial charge in [-0.2, -0.15) is 0 Å². The van der Waals surface area contributed by atoms with Crippen LogP contribution in [0.4, 0.5) is 0 Å². The van der Waals surface area contributed by atoms with Crippen LogP contribution in [0.2, 0.25) is 0 Å². The Labute approximate surface area is 75.0 Å². The van der Waals surface area contributed by atoms with E-state index in [1.165, 1.54) is 7.11 Å². The van der Waals surface area contributed by atoms with Crippen LogP contribution in [0.1, 0.15) is 10.4 Å². The minimum absolute atomic E-state index is 0.197. The number of carbonyl (C=O) groups is 1. The van der Waals surface area contributed by atoms with Crippen LogP contribution in [0, 0.1) is 0 Å². The van der Waals surface area contributed by atoms with Crippen LogP contribution in [0.5, 0.6) is 0 Å². The van der Waals surface area contributed by atoms with Gasteiger partial charge in [-0.3, -0.25) is 9.63 Å². The van der Waals surface area contributed by atoms with Gasteiger partial charge in [0.25, 0.3) is 5.91 Å². The van der Waals surface area contributed by atoms with E-state index >= 15 is 0 Å². The molecule has 0 atom stereocenters. The van der Waals surface area contributed by atoms with Crippen LogP contribution in [0.3, 0.4) is 0 Å². The van der Waals surface area contributed by atoms with Gasteiger partial charge in [0.2, 0.25) is 0 Å². The Hall–Kier alpha value is -1.55. The van der Waals surface area contributed by atoms with Gasteiger partial charge in [0.15, 0.2) is 0 Å². The maximum Gasteiger partial charge on any atom is 0.281 e.